The molecule has 0 atom stereocenters. The van der Waals surface area contributed by atoms with Crippen LogP contribution in [0.4, 0.5) is 18.9 Å². The van der Waals surface area contributed by atoms with Crippen molar-refractivity contribution in [1.82, 2.24) is 0 Å². The van der Waals surface area contributed by atoms with Crippen LogP contribution in [0, 0.1) is 0 Å². The lowest BCUT2D eigenvalue weighted by Crippen LogP contribution is -2.38. The van der Waals surface area contributed by atoms with Crippen LogP contribution in [-0.2, 0) is 0 Å². The van der Waals surface area contributed by atoms with Gasteiger partial charge in [-0.2, -0.15) is 13.2 Å². The van der Waals surface area contributed by atoms with Crippen LogP contribution in [0.5, 0.6) is 0 Å². The van der Waals surface area contributed by atoms with E-state index in [9.17, 15) is 18.0 Å². The molecular weight excluding hydrogens is 379 g/mol. The molecule has 0 radical (unpaired) electrons. The highest BCUT2D eigenvalue weighted by Crippen LogP contribution is 2.29. The Morgan fingerprint density at radius 2 is 1.21 bits per heavy atom. The molecule has 0 amide bonds. The number of anilines is 1. The zero-order valence-electron chi connectivity index (χ0n) is 17.6. The molecule has 0 bridgehead atoms. The van der Waals surface area contributed by atoms with E-state index >= 15 is 0 Å². The summed E-state index contributed by atoms with van der Waals surface area (Å²) in [6.07, 6.45) is 10.4. The third-order valence-corrected chi connectivity index (χ3v) is 5.22. The van der Waals surface area contributed by atoms with Crippen LogP contribution < -0.4 is 4.90 Å². The predicted molar refractivity (Wildman–Crippen MR) is 112 cm³/mol. The van der Waals surface area contributed by atoms with Crippen molar-refractivity contribution in [2.45, 2.75) is 96.7 Å². The normalized spacial score (nSPS) is 11.6. The number of nitrogens with zero attached hydrogens (tertiary/aromatic N) is 1. The maximum Gasteiger partial charge on any atom is 0.484 e. The Morgan fingerprint density at radius 1 is 0.793 bits per heavy atom. The quantitative estimate of drug-likeness (QED) is 0.221. The van der Waals surface area contributed by atoms with Gasteiger partial charge in [-0.3, -0.25) is 4.90 Å². The van der Waals surface area contributed by atoms with Gasteiger partial charge in [-0.25, -0.2) is 4.79 Å². The number of rotatable bonds is 16. The van der Waals surface area contributed by atoms with Gasteiger partial charge in [-0.15, -0.1) is 0 Å². The molecule has 0 saturated carbocycles. The Bertz CT molecular complexity index is 558. The van der Waals surface area contributed by atoms with Gasteiger partial charge < -0.3 is 5.11 Å². The summed E-state index contributed by atoms with van der Waals surface area (Å²) in [6, 6.07) is 4.86. The average molecular weight is 416 g/mol. The summed E-state index contributed by atoms with van der Waals surface area (Å²) in [5.74, 6) is -1.15. The maximum atomic E-state index is 13.3. The minimum atomic E-state index is -4.47. The van der Waals surface area contributed by atoms with Crippen molar-refractivity contribution in [2.75, 3.05) is 11.4 Å². The third-order valence-electron chi connectivity index (χ3n) is 5.22. The van der Waals surface area contributed by atoms with Crippen molar-refractivity contribution in [1.29, 1.82) is 0 Å². The lowest BCUT2D eigenvalue weighted by Gasteiger charge is -2.27. The second kappa shape index (κ2) is 14.3. The third kappa shape index (κ3) is 11.1. The molecule has 0 aromatic heterocycles. The highest BCUT2D eigenvalue weighted by atomic mass is 19.4. The summed E-state index contributed by atoms with van der Waals surface area (Å²) < 4.78 is 40.0. The second-order valence-electron chi connectivity index (χ2n) is 7.71. The molecular formula is C23H36F3NO2. The first-order chi connectivity index (χ1) is 13.9. The first-order valence-electron chi connectivity index (χ1n) is 11.0. The number of carbonyl (C=O) groups is 1. The number of hydrogen-bond donors (Lipinski definition) is 1. The lowest BCUT2D eigenvalue weighted by molar-refractivity contribution is -0.129. The van der Waals surface area contributed by atoms with Gasteiger partial charge in [0, 0.05) is 12.2 Å². The summed E-state index contributed by atoms with van der Waals surface area (Å²) in [5, 5.41) is 8.87. The fraction of sp³-hybridized carbons (Fsp3) is 0.696. The van der Waals surface area contributed by atoms with Crippen LogP contribution in [0.1, 0.15) is 101 Å². The molecule has 6 heteroatoms. The van der Waals surface area contributed by atoms with E-state index in [1.54, 1.807) is 0 Å². The van der Waals surface area contributed by atoms with E-state index in [-0.39, 0.29) is 17.8 Å². The van der Waals surface area contributed by atoms with Gasteiger partial charge in [0.15, 0.2) is 0 Å². The molecule has 0 saturated heterocycles. The molecule has 0 aliphatic rings. The molecule has 0 heterocycles. The fourth-order valence-corrected chi connectivity index (χ4v) is 3.47. The molecule has 0 fully saturated rings. The van der Waals surface area contributed by atoms with E-state index in [0.717, 1.165) is 25.7 Å². The van der Waals surface area contributed by atoms with E-state index in [0.29, 0.717) is 11.3 Å². The maximum absolute atomic E-state index is 13.3. The Kier molecular flexibility index (Phi) is 12.5. The topological polar surface area (TPSA) is 40.5 Å². The monoisotopic (exact) mass is 415 g/mol. The second-order valence-corrected chi connectivity index (χ2v) is 7.71. The largest absolute Gasteiger partial charge is 0.484 e. The zero-order chi connectivity index (χ0) is 21.5. The van der Waals surface area contributed by atoms with Crippen LogP contribution in [-0.4, -0.2) is 23.9 Å². The summed E-state index contributed by atoms with van der Waals surface area (Å²) in [4.78, 5) is 11.3. The molecule has 0 spiro atoms. The number of hydrogen-bond acceptors (Lipinski definition) is 2. The van der Waals surface area contributed by atoms with Gasteiger partial charge in [-0.05, 0) is 30.7 Å². The van der Waals surface area contributed by atoms with Crippen molar-refractivity contribution < 1.29 is 23.1 Å². The van der Waals surface area contributed by atoms with Gasteiger partial charge >= 0.3 is 12.3 Å². The summed E-state index contributed by atoms with van der Waals surface area (Å²) in [7, 11) is 0. The molecule has 0 aliphatic heterocycles. The standard InChI is InChI=1S/C23H36F3NO2/c1-2-3-4-5-6-7-8-9-10-11-12-13-14-19-27(23(24,25)26)21-17-15-20(16-18-21)22(28)29/h15-18H,2-14,19H2,1H3,(H,28,29). The van der Waals surface area contributed by atoms with Crippen LogP contribution in [0.15, 0.2) is 24.3 Å². The Morgan fingerprint density at radius 3 is 1.59 bits per heavy atom. The molecule has 0 unspecified atom stereocenters. The SMILES string of the molecule is CCCCCCCCCCCCCCCN(c1ccc(C(=O)O)cc1)C(F)(F)F. The van der Waals surface area contributed by atoms with Crippen LogP contribution in [0.2, 0.25) is 0 Å². The van der Waals surface area contributed by atoms with Crippen molar-refractivity contribution in [2.24, 2.45) is 0 Å². The molecule has 166 valence electrons. The number of aromatic carboxylic acids is 1. The van der Waals surface area contributed by atoms with Crippen molar-refractivity contribution >= 4 is 11.7 Å². The minimum absolute atomic E-state index is 0.0126. The average Bonchev–Trinajstić information content (AvgIpc) is 2.67. The molecule has 1 aromatic rings. The number of halogens is 3. The molecule has 1 N–H and O–H groups in total. The number of benzene rings is 1. The minimum Gasteiger partial charge on any atom is -0.478 e. The highest BCUT2D eigenvalue weighted by Gasteiger charge is 2.37. The van der Waals surface area contributed by atoms with Gasteiger partial charge in [-0.1, -0.05) is 84.0 Å². The summed E-state index contributed by atoms with van der Waals surface area (Å²) in [6.45, 7) is 2.12. The van der Waals surface area contributed by atoms with Crippen LogP contribution in [0.3, 0.4) is 0 Å². The molecule has 3 nitrogen and oxygen atoms in total. The Balaban J connectivity index is 2.19. The van der Waals surface area contributed by atoms with Gasteiger partial charge in [0.05, 0.1) is 5.56 Å². The summed E-state index contributed by atoms with van der Waals surface area (Å²) in [5.41, 5.74) is -0.0294. The number of carboxylic acid groups (broad SMARTS) is 1. The first-order valence-corrected chi connectivity index (χ1v) is 11.0. The smallest absolute Gasteiger partial charge is 0.478 e. The molecule has 1 rings (SSSR count). The molecule has 0 aliphatic carbocycles. The van der Waals surface area contributed by atoms with E-state index in [1.165, 1.54) is 75.6 Å². The number of carboxylic acids is 1. The van der Waals surface area contributed by atoms with Crippen LogP contribution in [0.25, 0.3) is 0 Å². The van der Waals surface area contributed by atoms with Crippen LogP contribution >= 0.6 is 0 Å². The van der Waals surface area contributed by atoms with Crippen molar-refractivity contribution in [3.63, 3.8) is 0 Å². The first kappa shape index (κ1) is 25.3. The lowest BCUT2D eigenvalue weighted by atomic mass is 10.0. The molecule has 29 heavy (non-hydrogen) atoms. The highest BCUT2D eigenvalue weighted by molar-refractivity contribution is 5.88. The van der Waals surface area contributed by atoms with Gasteiger partial charge in [0.25, 0.3) is 0 Å². The van der Waals surface area contributed by atoms with E-state index in [2.05, 4.69) is 6.92 Å². The predicted octanol–water partition coefficient (Wildman–Crippen LogP) is 7.80. The van der Waals surface area contributed by atoms with E-state index < -0.39 is 12.3 Å². The number of unbranched alkanes of at least 4 members (excludes halogenated alkanes) is 12. The van der Waals surface area contributed by atoms with Crippen molar-refractivity contribution in [3.8, 4) is 0 Å². The van der Waals surface area contributed by atoms with Gasteiger partial charge in [0.2, 0.25) is 0 Å². The van der Waals surface area contributed by atoms with E-state index in [4.69, 9.17) is 5.11 Å². The zero-order valence-corrected chi connectivity index (χ0v) is 17.6. The summed E-state index contributed by atoms with van der Waals surface area (Å²) >= 11 is 0. The Labute approximate surface area is 173 Å². The van der Waals surface area contributed by atoms with Crippen molar-refractivity contribution in [3.05, 3.63) is 29.8 Å². The Hall–Kier alpha value is -1.72. The molecule has 1 aromatic carbocycles. The number of alkyl halides is 3. The van der Waals surface area contributed by atoms with Gasteiger partial charge in [0.1, 0.15) is 0 Å². The fourth-order valence-electron chi connectivity index (χ4n) is 3.47. The van der Waals surface area contributed by atoms with E-state index in [1.807, 2.05) is 0 Å².